The average molecular weight is 280 g/mol. The van der Waals surface area contributed by atoms with E-state index in [-0.39, 0.29) is 17.7 Å². The highest BCUT2D eigenvalue weighted by Gasteiger charge is 2.25. The van der Waals surface area contributed by atoms with Crippen LogP contribution in [0, 0.1) is 5.82 Å². The van der Waals surface area contributed by atoms with Crippen LogP contribution in [0.1, 0.15) is 36.0 Å². The lowest BCUT2D eigenvalue weighted by atomic mass is 10.1. The molecular weight excluding hydrogens is 259 g/mol. The maximum atomic E-state index is 13.7. The van der Waals surface area contributed by atoms with Crippen molar-refractivity contribution in [3.63, 3.8) is 0 Å². The zero-order chi connectivity index (χ0) is 14.5. The van der Waals surface area contributed by atoms with Gasteiger partial charge in [0.15, 0.2) is 11.6 Å². The van der Waals surface area contributed by atoms with Crippen molar-refractivity contribution in [1.29, 1.82) is 0 Å². The number of halogens is 1. The maximum absolute atomic E-state index is 13.7. The van der Waals surface area contributed by atoms with E-state index in [1.807, 2.05) is 0 Å². The normalized spacial score (nSPS) is 19.6. The van der Waals surface area contributed by atoms with Crippen molar-refractivity contribution >= 4 is 5.91 Å². The molecule has 0 aromatic heterocycles. The highest BCUT2D eigenvalue weighted by atomic mass is 19.1. The molecule has 1 aliphatic rings. The van der Waals surface area contributed by atoms with Crippen molar-refractivity contribution in [2.75, 3.05) is 20.2 Å². The predicted octanol–water partition coefficient (Wildman–Crippen LogP) is 2.18. The van der Waals surface area contributed by atoms with Crippen LogP contribution in [0.5, 0.6) is 5.75 Å². The molecule has 1 saturated heterocycles. The molecule has 0 radical (unpaired) electrons. The van der Waals surface area contributed by atoms with E-state index >= 15 is 0 Å². The Morgan fingerprint density at radius 3 is 2.90 bits per heavy atom. The fraction of sp³-hybridized carbons (Fsp3) is 0.533. The number of benzene rings is 1. The molecule has 2 rings (SSSR count). The molecule has 1 aromatic rings. The van der Waals surface area contributed by atoms with Gasteiger partial charge in [-0.15, -0.1) is 0 Å². The first-order valence-electron chi connectivity index (χ1n) is 7.02. The van der Waals surface area contributed by atoms with Crippen LogP contribution < -0.4 is 10.5 Å². The zero-order valence-electron chi connectivity index (χ0n) is 11.8. The minimum atomic E-state index is -0.516. The van der Waals surface area contributed by atoms with Crippen LogP contribution in [-0.2, 0) is 0 Å². The lowest BCUT2D eigenvalue weighted by Gasteiger charge is -2.29. The van der Waals surface area contributed by atoms with Gasteiger partial charge in [-0.3, -0.25) is 4.79 Å². The number of amides is 1. The Hall–Kier alpha value is -1.62. The van der Waals surface area contributed by atoms with Gasteiger partial charge in [-0.1, -0.05) is 12.8 Å². The number of nitrogens with zero attached hydrogens (tertiary/aromatic N) is 1. The number of hydrogen-bond acceptors (Lipinski definition) is 3. The van der Waals surface area contributed by atoms with Gasteiger partial charge in [0.25, 0.3) is 5.91 Å². The highest BCUT2D eigenvalue weighted by molar-refractivity contribution is 5.94. The van der Waals surface area contributed by atoms with Crippen molar-refractivity contribution < 1.29 is 13.9 Å². The molecule has 1 heterocycles. The van der Waals surface area contributed by atoms with Gasteiger partial charge in [-0.05, 0) is 31.0 Å². The summed E-state index contributed by atoms with van der Waals surface area (Å²) in [5.41, 5.74) is 6.12. The minimum Gasteiger partial charge on any atom is -0.494 e. The van der Waals surface area contributed by atoms with Gasteiger partial charge in [-0.25, -0.2) is 4.39 Å². The third-order valence-electron chi connectivity index (χ3n) is 3.81. The predicted molar refractivity (Wildman–Crippen MR) is 75.3 cm³/mol. The van der Waals surface area contributed by atoms with Crippen molar-refractivity contribution in [1.82, 2.24) is 4.90 Å². The fourth-order valence-electron chi connectivity index (χ4n) is 2.65. The summed E-state index contributed by atoms with van der Waals surface area (Å²) in [6.07, 6.45) is 4.08. The molecule has 0 aliphatic carbocycles. The SMILES string of the molecule is COc1ccc(C(=O)N2CCCCCC2CN)cc1F. The smallest absolute Gasteiger partial charge is 0.254 e. The van der Waals surface area contributed by atoms with Gasteiger partial charge in [0.05, 0.1) is 7.11 Å². The molecule has 1 unspecified atom stereocenters. The van der Waals surface area contributed by atoms with E-state index in [9.17, 15) is 9.18 Å². The van der Waals surface area contributed by atoms with Crippen LogP contribution in [0.3, 0.4) is 0 Å². The Morgan fingerprint density at radius 2 is 2.25 bits per heavy atom. The van der Waals surface area contributed by atoms with Crippen LogP contribution in [0.2, 0.25) is 0 Å². The summed E-state index contributed by atoms with van der Waals surface area (Å²) in [6, 6.07) is 4.37. The number of nitrogens with two attached hydrogens (primary N) is 1. The van der Waals surface area contributed by atoms with E-state index in [1.54, 1.807) is 11.0 Å². The lowest BCUT2D eigenvalue weighted by molar-refractivity contribution is 0.0688. The van der Waals surface area contributed by atoms with E-state index in [0.717, 1.165) is 25.7 Å². The molecule has 1 aromatic carbocycles. The number of carbonyl (C=O) groups is 1. The topological polar surface area (TPSA) is 55.6 Å². The van der Waals surface area contributed by atoms with Crippen molar-refractivity contribution in [2.45, 2.75) is 31.7 Å². The Balaban J connectivity index is 2.22. The van der Waals surface area contributed by atoms with Crippen molar-refractivity contribution in [3.05, 3.63) is 29.6 Å². The van der Waals surface area contributed by atoms with Crippen LogP contribution >= 0.6 is 0 Å². The number of rotatable bonds is 3. The first-order valence-corrected chi connectivity index (χ1v) is 7.02. The van der Waals surface area contributed by atoms with Gasteiger partial charge >= 0.3 is 0 Å². The molecule has 20 heavy (non-hydrogen) atoms. The van der Waals surface area contributed by atoms with Crippen LogP contribution in [0.15, 0.2) is 18.2 Å². The van der Waals surface area contributed by atoms with Gasteiger partial charge in [0.2, 0.25) is 0 Å². The summed E-state index contributed by atoms with van der Waals surface area (Å²) >= 11 is 0. The molecule has 4 nitrogen and oxygen atoms in total. The lowest BCUT2D eigenvalue weighted by Crippen LogP contribution is -2.44. The number of hydrogen-bond donors (Lipinski definition) is 1. The molecule has 0 spiro atoms. The van der Waals surface area contributed by atoms with E-state index in [0.29, 0.717) is 18.7 Å². The van der Waals surface area contributed by atoms with Crippen LogP contribution in [-0.4, -0.2) is 37.0 Å². The summed E-state index contributed by atoms with van der Waals surface area (Å²) in [4.78, 5) is 14.3. The largest absolute Gasteiger partial charge is 0.494 e. The second kappa shape index (κ2) is 6.70. The zero-order valence-corrected chi connectivity index (χ0v) is 11.8. The molecule has 1 aliphatic heterocycles. The fourth-order valence-corrected chi connectivity index (χ4v) is 2.65. The molecule has 2 N–H and O–H groups in total. The second-order valence-electron chi connectivity index (χ2n) is 5.09. The van der Waals surface area contributed by atoms with Crippen molar-refractivity contribution in [3.8, 4) is 5.75 Å². The van der Waals surface area contributed by atoms with E-state index in [4.69, 9.17) is 10.5 Å². The highest BCUT2D eigenvalue weighted by Crippen LogP contribution is 2.22. The Bertz CT molecular complexity index is 479. The number of methoxy groups -OCH3 is 1. The second-order valence-corrected chi connectivity index (χ2v) is 5.09. The Labute approximate surface area is 118 Å². The van der Waals surface area contributed by atoms with E-state index < -0.39 is 5.82 Å². The molecule has 1 atom stereocenters. The summed E-state index contributed by atoms with van der Waals surface area (Å²) in [6.45, 7) is 1.14. The molecule has 0 bridgehead atoms. The standard InChI is InChI=1S/C15H21FN2O2/c1-20-14-7-6-11(9-13(14)16)15(19)18-8-4-2-3-5-12(18)10-17/h6-7,9,12H,2-5,8,10,17H2,1H3. The summed E-state index contributed by atoms with van der Waals surface area (Å²) < 4.78 is 18.6. The minimum absolute atomic E-state index is 0.0511. The summed E-state index contributed by atoms with van der Waals surface area (Å²) in [7, 11) is 1.40. The van der Waals surface area contributed by atoms with Gasteiger partial charge in [0.1, 0.15) is 0 Å². The number of likely N-dealkylation sites (tertiary alicyclic amines) is 1. The molecule has 0 saturated carbocycles. The molecule has 110 valence electrons. The van der Waals surface area contributed by atoms with E-state index in [2.05, 4.69) is 0 Å². The van der Waals surface area contributed by atoms with Crippen molar-refractivity contribution in [2.24, 2.45) is 5.73 Å². The molecule has 5 heteroatoms. The van der Waals surface area contributed by atoms with Crippen LogP contribution in [0.25, 0.3) is 0 Å². The Kier molecular flexibility index (Phi) is 4.95. The average Bonchev–Trinajstić information content (AvgIpc) is 2.71. The monoisotopic (exact) mass is 280 g/mol. The third-order valence-corrected chi connectivity index (χ3v) is 3.81. The van der Waals surface area contributed by atoms with Gasteiger partial charge < -0.3 is 15.4 Å². The summed E-state index contributed by atoms with van der Waals surface area (Å²) in [5.74, 6) is -0.519. The van der Waals surface area contributed by atoms with Crippen LogP contribution in [0.4, 0.5) is 4.39 Å². The van der Waals surface area contributed by atoms with Gasteiger partial charge in [-0.2, -0.15) is 0 Å². The number of ether oxygens (including phenoxy) is 1. The third kappa shape index (κ3) is 3.10. The van der Waals surface area contributed by atoms with E-state index in [1.165, 1.54) is 19.2 Å². The molecular formula is C15H21FN2O2. The Morgan fingerprint density at radius 1 is 1.45 bits per heavy atom. The maximum Gasteiger partial charge on any atom is 0.254 e. The first kappa shape index (κ1) is 14.8. The van der Waals surface area contributed by atoms with Gasteiger partial charge in [0, 0.05) is 24.7 Å². The molecule has 1 amide bonds. The quantitative estimate of drug-likeness (QED) is 0.923. The first-order chi connectivity index (χ1) is 9.67. The number of carbonyl (C=O) groups excluding carboxylic acids is 1. The summed E-state index contributed by atoms with van der Waals surface area (Å²) in [5, 5.41) is 0. The molecule has 1 fully saturated rings.